The zero-order valence-corrected chi connectivity index (χ0v) is 23.2. The molecule has 0 aromatic heterocycles. The van der Waals surface area contributed by atoms with E-state index < -0.39 is 15.8 Å². The molecule has 2 unspecified atom stereocenters. The van der Waals surface area contributed by atoms with Crippen LogP contribution in [0.5, 0.6) is 0 Å². The summed E-state index contributed by atoms with van der Waals surface area (Å²) in [7, 11) is 3.66. The first kappa shape index (κ1) is 25.0. The Bertz CT molecular complexity index is 1150. The van der Waals surface area contributed by atoms with Crippen molar-refractivity contribution in [3.8, 4) is 0 Å². The molecule has 0 N–H and O–H groups in total. The molecule has 0 radical (unpaired) electrons. The van der Waals surface area contributed by atoms with Gasteiger partial charge in [-0.3, -0.25) is 0 Å². The summed E-state index contributed by atoms with van der Waals surface area (Å²) in [6, 6.07) is 40.8. The minimum Gasteiger partial charge on any atom is -0.373 e. The average molecular weight is 511 g/mol. The number of hydrogen-bond donors (Lipinski definition) is 0. The quantitative estimate of drug-likeness (QED) is 0.309. The largest absolute Gasteiger partial charge is 0.373 e. The fourth-order valence-corrected chi connectivity index (χ4v) is 10.7. The van der Waals surface area contributed by atoms with Crippen molar-refractivity contribution in [1.29, 1.82) is 0 Å². The summed E-state index contributed by atoms with van der Waals surface area (Å²) < 4.78 is 0. The normalized spacial score (nSPS) is 19.2. The summed E-state index contributed by atoms with van der Waals surface area (Å²) >= 11 is 0. The van der Waals surface area contributed by atoms with Crippen LogP contribution in [-0.4, -0.2) is 39.5 Å². The van der Waals surface area contributed by atoms with Crippen LogP contribution >= 0.6 is 15.8 Å². The molecule has 0 aliphatic carbocycles. The third-order valence-corrected chi connectivity index (χ3v) is 12.5. The highest BCUT2D eigenvalue weighted by molar-refractivity contribution is 7.79. The van der Waals surface area contributed by atoms with Crippen molar-refractivity contribution >= 4 is 48.4 Å². The Hall–Kier alpha value is -2.66. The van der Waals surface area contributed by atoms with E-state index in [4.69, 9.17) is 0 Å². The van der Waals surface area contributed by atoms with Crippen LogP contribution in [0.3, 0.4) is 0 Å². The summed E-state index contributed by atoms with van der Waals surface area (Å²) in [5.74, 6) is 0. The van der Waals surface area contributed by atoms with Gasteiger partial charge in [-0.05, 0) is 74.4 Å². The molecular formula is C32H36N2P2. The highest BCUT2D eigenvalue weighted by atomic mass is 31.1. The molecule has 0 saturated heterocycles. The summed E-state index contributed by atoms with van der Waals surface area (Å²) in [4.78, 5) is 4.91. The Morgan fingerprint density at radius 3 is 1.25 bits per heavy atom. The third-order valence-electron chi connectivity index (χ3n) is 7.05. The molecule has 2 nitrogen and oxygen atoms in total. The van der Waals surface area contributed by atoms with Crippen molar-refractivity contribution in [2.75, 3.05) is 49.3 Å². The van der Waals surface area contributed by atoms with E-state index in [-0.39, 0.29) is 0 Å². The van der Waals surface area contributed by atoms with Crippen molar-refractivity contribution in [3.05, 3.63) is 109 Å². The molecule has 4 heteroatoms. The monoisotopic (exact) mass is 510 g/mol. The molecule has 1 heterocycles. The van der Waals surface area contributed by atoms with Crippen LogP contribution in [0, 0.1) is 0 Å². The van der Waals surface area contributed by atoms with Crippen LogP contribution in [0.1, 0.15) is 12.8 Å². The van der Waals surface area contributed by atoms with Crippen molar-refractivity contribution in [2.24, 2.45) is 0 Å². The van der Waals surface area contributed by atoms with Gasteiger partial charge >= 0.3 is 0 Å². The van der Waals surface area contributed by atoms with Gasteiger partial charge in [-0.15, -0.1) is 0 Å². The fourth-order valence-electron chi connectivity index (χ4n) is 5.20. The molecule has 0 spiro atoms. The molecular weight excluding hydrogens is 474 g/mol. The molecule has 2 atom stereocenters. The van der Waals surface area contributed by atoms with Crippen molar-refractivity contribution in [3.63, 3.8) is 0 Å². The molecule has 1 aliphatic rings. The van der Waals surface area contributed by atoms with Gasteiger partial charge in [0.25, 0.3) is 0 Å². The van der Waals surface area contributed by atoms with E-state index in [9.17, 15) is 0 Å². The van der Waals surface area contributed by atoms with Crippen LogP contribution in [0.25, 0.3) is 0 Å². The highest BCUT2D eigenvalue weighted by Crippen LogP contribution is 2.41. The number of para-hydroxylation sites is 2. The first-order chi connectivity index (χ1) is 17.7. The lowest BCUT2D eigenvalue weighted by Crippen LogP contribution is -2.32. The number of fused-ring (bicyclic) bond motifs is 2. The number of hydrogen-bond acceptors (Lipinski definition) is 2. The van der Waals surface area contributed by atoms with Crippen LogP contribution in [0.15, 0.2) is 109 Å². The van der Waals surface area contributed by atoms with E-state index in [1.54, 1.807) is 10.6 Å². The first-order valence-electron chi connectivity index (χ1n) is 13.0. The Kier molecular flexibility index (Phi) is 8.37. The fraction of sp³-hybridized carbons (Fsp3) is 0.250. The summed E-state index contributed by atoms with van der Waals surface area (Å²) in [6.07, 6.45) is 4.76. The second-order valence-electron chi connectivity index (χ2n) is 9.50. The van der Waals surface area contributed by atoms with Gasteiger partial charge in [-0.2, -0.15) is 0 Å². The molecule has 0 saturated carbocycles. The average Bonchev–Trinajstić information content (AvgIpc) is 2.94. The van der Waals surface area contributed by atoms with Gasteiger partial charge in [0.2, 0.25) is 0 Å². The number of rotatable bonds is 2. The minimum absolute atomic E-state index is 0.424. The molecule has 0 bridgehead atoms. The van der Waals surface area contributed by atoms with Gasteiger partial charge < -0.3 is 9.80 Å². The molecule has 1 aliphatic heterocycles. The molecule has 0 amide bonds. The topological polar surface area (TPSA) is 6.48 Å². The Morgan fingerprint density at radius 2 is 0.833 bits per heavy atom. The third kappa shape index (κ3) is 5.67. The Balaban J connectivity index is 1.59. The standard InChI is InChI=1S/C32H36N2P2/c1-33-23-13-25-35(27-15-5-3-6-16-27)31-21-11-12-22-32(31)36(28-17-7-4-8-18-28)26-14-24-34(2)30-20-10-9-19-29(30)33/h3-12,15-22H,13-14,23-26H2,1-2H3. The lowest BCUT2D eigenvalue weighted by atomic mass is 10.2. The lowest BCUT2D eigenvalue weighted by Gasteiger charge is -2.31. The molecule has 36 heavy (non-hydrogen) atoms. The van der Waals surface area contributed by atoms with Gasteiger partial charge in [-0.1, -0.05) is 97.1 Å². The van der Waals surface area contributed by atoms with E-state index in [2.05, 4.69) is 133 Å². The molecule has 4 aromatic rings. The van der Waals surface area contributed by atoms with Crippen LogP contribution < -0.4 is 31.0 Å². The molecule has 5 rings (SSSR count). The zero-order valence-electron chi connectivity index (χ0n) is 21.4. The number of nitrogens with zero attached hydrogens (tertiary/aromatic N) is 2. The molecule has 184 valence electrons. The second kappa shape index (κ2) is 12.1. The van der Waals surface area contributed by atoms with Crippen molar-refractivity contribution in [1.82, 2.24) is 0 Å². The Morgan fingerprint density at radius 1 is 0.472 bits per heavy atom. The Labute approximate surface area is 219 Å². The second-order valence-corrected chi connectivity index (χ2v) is 14.1. The van der Waals surface area contributed by atoms with Crippen molar-refractivity contribution < 1.29 is 0 Å². The molecule has 0 fully saturated rings. The van der Waals surface area contributed by atoms with E-state index in [1.165, 1.54) is 47.1 Å². The lowest BCUT2D eigenvalue weighted by molar-refractivity contribution is 0.832. The molecule has 4 aromatic carbocycles. The predicted octanol–water partition coefficient (Wildman–Crippen LogP) is 5.92. The van der Waals surface area contributed by atoms with Crippen LogP contribution in [0.2, 0.25) is 0 Å². The summed E-state index contributed by atoms with van der Waals surface area (Å²) in [5, 5.41) is 6.17. The van der Waals surface area contributed by atoms with E-state index in [1.807, 2.05) is 0 Å². The van der Waals surface area contributed by atoms with E-state index in [0.717, 1.165) is 13.1 Å². The maximum Gasteiger partial charge on any atom is 0.0601 e. The zero-order chi connectivity index (χ0) is 24.7. The van der Waals surface area contributed by atoms with Crippen LogP contribution in [-0.2, 0) is 0 Å². The minimum atomic E-state index is -0.424. The number of anilines is 2. The van der Waals surface area contributed by atoms with E-state index in [0.29, 0.717) is 0 Å². The summed E-state index contributed by atoms with van der Waals surface area (Å²) in [5.41, 5.74) is 2.68. The smallest absolute Gasteiger partial charge is 0.0601 e. The predicted molar refractivity (Wildman–Crippen MR) is 164 cm³/mol. The highest BCUT2D eigenvalue weighted by Gasteiger charge is 2.24. The van der Waals surface area contributed by atoms with Gasteiger partial charge in [0.15, 0.2) is 0 Å². The van der Waals surface area contributed by atoms with E-state index >= 15 is 0 Å². The van der Waals surface area contributed by atoms with Gasteiger partial charge in [-0.25, -0.2) is 0 Å². The number of benzene rings is 4. The van der Waals surface area contributed by atoms with Gasteiger partial charge in [0.05, 0.1) is 11.4 Å². The first-order valence-corrected chi connectivity index (χ1v) is 16.0. The SMILES string of the molecule is CN1CCCP(c2ccccc2)c2ccccc2P(c2ccccc2)CCCN(C)c2ccccc21. The van der Waals surface area contributed by atoms with Gasteiger partial charge in [0.1, 0.15) is 0 Å². The van der Waals surface area contributed by atoms with Crippen LogP contribution in [0.4, 0.5) is 11.4 Å². The van der Waals surface area contributed by atoms with Crippen molar-refractivity contribution in [2.45, 2.75) is 12.8 Å². The maximum atomic E-state index is 2.46. The maximum absolute atomic E-state index is 2.46. The van der Waals surface area contributed by atoms with Gasteiger partial charge in [0, 0.05) is 27.2 Å². The summed E-state index contributed by atoms with van der Waals surface area (Å²) in [6.45, 7) is 2.12.